The van der Waals surface area contributed by atoms with E-state index in [1.54, 1.807) is 7.11 Å². The van der Waals surface area contributed by atoms with Crippen LogP contribution in [-0.4, -0.2) is 62.1 Å². The molecule has 2 aliphatic rings. The Hall–Kier alpha value is -2.81. The largest absolute Gasteiger partial charge is 0.497 e. The van der Waals surface area contributed by atoms with Gasteiger partial charge in [-0.05, 0) is 88.3 Å². The third-order valence-corrected chi connectivity index (χ3v) is 8.80. The van der Waals surface area contributed by atoms with Gasteiger partial charge in [-0.2, -0.15) is 0 Å². The third kappa shape index (κ3) is 6.26. The van der Waals surface area contributed by atoms with Crippen molar-refractivity contribution >= 4 is 29.1 Å². The van der Waals surface area contributed by atoms with Gasteiger partial charge >= 0.3 is 0 Å². The summed E-state index contributed by atoms with van der Waals surface area (Å²) in [7, 11) is 5.83. The summed E-state index contributed by atoms with van der Waals surface area (Å²) in [6, 6.07) is 21.1. The monoisotopic (exact) mass is 610 g/mol. The molecule has 0 radical (unpaired) electrons. The van der Waals surface area contributed by atoms with Crippen LogP contribution in [0.5, 0.6) is 11.5 Å². The second kappa shape index (κ2) is 12.8. The number of methoxy groups -OCH3 is 1. The van der Waals surface area contributed by atoms with Crippen molar-refractivity contribution in [2.24, 2.45) is 0 Å². The fourth-order valence-electron chi connectivity index (χ4n) is 6.07. The summed E-state index contributed by atoms with van der Waals surface area (Å²) in [5.74, 6) is 1.21. The van der Waals surface area contributed by atoms with E-state index in [1.165, 1.54) is 0 Å². The van der Waals surface area contributed by atoms with E-state index in [2.05, 4.69) is 29.6 Å². The van der Waals surface area contributed by atoms with Crippen molar-refractivity contribution in [1.29, 1.82) is 0 Å². The standard InChI is InChI=1S/C33H40Cl2N4O3/c1-21(2)42-29-20-27(41-5)14-15-28(29)33(32(40)39-18-16-26(17-19-39)38(3)4)36-30(22-6-10-24(34)11-7-22)31(37-33)23-8-12-25(35)13-9-23/h6-15,20-21,26,30-31,36-37H,16-19H2,1-5H3. The molecule has 3 aromatic carbocycles. The summed E-state index contributed by atoms with van der Waals surface area (Å²) in [5.41, 5.74) is 1.45. The van der Waals surface area contributed by atoms with Crippen molar-refractivity contribution in [3.05, 3.63) is 93.5 Å². The van der Waals surface area contributed by atoms with Crippen LogP contribution in [-0.2, 0) is 10.5 Å². The van der Waals surface area contributed by atoms with Crippen molar-refractivity contribution < 1.29 is 14.3 Å². The predicted molar refractivity (Wildman–Crippen MR) is 168 cm³/mol. The molecule has 42 heavy (non-hydrogen) atoms. The fraction of sp³-hybridized carbons (Fsp3) is 0.424. The van der Waals surface area contributed by atoms with Crippen LogP contribution in [0, 0.1) is 0 Å². The molecule has 0 aromatic heterocycles. The zero-order valence-electron chi connectivity index (χ0n) is 24.9. The first-order valence-electron chi connectivity index (χ1n) is 14.5. The number of hydrogen-bond acceptors (Lipinski definition) is 6. The first kappa shape index (κ1) is 30.6. The average Bonchev–Trinajstić information content (AvgIpc) is 3.39. The molecule has 2 aliphatic heterocycles. The highest BCUT2D eigenvalue weighted by molar-refractivity contribution is 6.30. The number of likely N-dealkylation sites (tertiary alicyclic amines) is 1. The number of rotatable bonds is 8. The molecule has 9 heteroatoms. The van der Waals surface area contributed by atoms with Crippen molar-refractivity contribution in [2.45, 2.75) is 56.6 Å². The smallest absolute Gasteiger partial charge is 0.262 e. The summed E-state index contributed by atoms with van der Waals surface area (Å²) < 4.78 is 11.9. The molecule has 2 saturated heterocycles. The van der Waals surface area contributed by atoms with E-state index in [4.69, 9.17) is 32.7 Å². The summed E-state index contributed by atoms with van der Waals surface area (Å²) in [5, 5.41) is 8.89. The van der Waals surface area contributed by atoms with Gasteiger partial charge in [0.15, 0.2) is 5.66 Å². The maximum Gasteiger partial charge on any atom is 0.262 e. The lowest BCUT2D eigenvalue weighted by molar-refractivity contribution is -0.141. The number of nitrogens with one attached hydrogen (secondary N) is 2. The lowest BCUT2D eigenvalue weighted by Gasteiger charge is -2.41. The van der Waals surface area contributed by atoms with Gasteiger partial charge in [-0.25, -0.2) is 0 Å². The highest BCUT2D eigenvalue weighted by atomic mass is 35.5. The topological polar surface area (TPSA) is 66.1 Å². The van der Waals surface area contributed by atoms with Gasteiger partial charge in [0.1, 0.15) is 11.5 Å². The quantitative estimate of drug-likeness (QED) is 0.318. The van der Waals surface area contributed by atoms with Gasteiger partial charge in [-0.15, -0.1) is 0 Å². The lowest BCUT2D eigenvalue weighted by atomic mass is 9.94. The maximum atomic E-state index is 14.9. The number of halogens is 2. The van der Waals surface area contributed by atoms with Crippen LogP contribution in [0.15, 0.2) is 66.7 Å². The Morgan fingerprint density at radius 3 is 1.88 bits per heavy atom. The van der Waals surface area contributed by atoms with E-state index in [-0.39, 0.29) is 24.1 Å². The molecule has 1 amide bonds. The van der Waals surface area contributed by atoms with Crippen molar-refractivity contribution in [3.8, 4) is 11.5 Å². The second-order valence-electron chi connectivity index (χ2n) is 11.6. The number of amides is 1. The van der Waals surface area contributed by atoms with E-state index >= 15 is 0 Å². The summed E-state index contributed by atoms with van der Waals surface area (Å²) in [6.45, 7) is 5.29. The first-order chi connectivity index (χ1) is 20.1. The van der Waals surface area contributed by atoms with E-state index in [9.17, 15) is 4.79 Å². The number of hydrogen-bond donors (Lipinski definition) is 2. The van der Waals surface area contributed by atoms with Crippen LogP contribution < -0.4 is 20.1 Å². The zero-order valence-corrected chi connectivity index (χ0v) is 26.4. The number of carbonyl (C=O) groups excluding carboxylic acids is 1. The van der Waals surface area contributed by atoms with Gasteiger partial charge in [0.2, 0.25) is 0 Å². The number of carbonyl (C=O) groups is 1. The Balaban J connectivity index is 1.65. The maximum absolute atomic E-state index is 14.9. The summed E-state index contributed by atoms with van der Waals surface area (Å²) in [4.78, 5) is 19.1. The summed E-state index contributed by atoms with van der Waals surface area (Å²) >= 11 is 12.6. The van der Waals surface area contributed by atoms with Crippen LogP contribution in [0.2, 0.25) is 10.0 Å². The molecule has 3 aromatic rings. The van der Waals surface area contributed by atoms with Crippen LogP contribution in [0.1, 0.15) is 55.5 Å². The Morgan fingerprint density at radius 2 is 1.43 bits per heavy atom. The molecule has 2 fully saturated rings. The Morgan fingerprint density at radius 1 is 0.905 bits per heavy atom. The summed E-state index contributed by atoms with van der Waals surface area (Å²) in [6.07, 6.45) is 1.71. The van der Waals surface area contributed by atoms with Crippen LogP contribution in [0.3, 0.4) is 0 Å². The molecule has 2 atom stereocenters. The number of piperidine rings is 1. The SMILES string of the molecule is COc1ccc(C2(C(=O)N3CCC(N(C)C)CC3)NC(c3ccc(Cl)cc3)C(c3ccc(Cl)cc3)N2)c(OC(C)C)c1. The Labute approximate surface area is 259 Å². The minimum atomic E-state index is -1.28. The normalized spacial score (nSPS) is 23.0. The van der Waals surface area contributed by atoms with Gasteiger partial charge < -0.3 is 19.3 Å². The molecule has 0 saturated carbocycles. The lowest BCUT2D eigenvalue weighted by Crippen LogP contribution is -2.60. The zero-order chi connectivity index (χ0) is 30.0. The second-order valence-corrected chi connectivity index (χ2v) is 12.5. The Bertz CT molecular complexity index is 1320. The first-order valence-corrected chi connectivity index (χ1v) is 15.2. The predicted octanol–water partition coefficient (Wildman–Crippen LogP) is 6.17. The minimum absolute atomic E-state index is 0.0334. The van der Waals surface area contributed by atoms with Crippen molar-refractivity contribution in [2.75, 3.05) is 34.3 Å². The molecule has 0 bridgehead atoms. The highest BCUT2D eigenvalue weighted by Gasteiger charge is 2.54. The molecule has 2 heterocycles. The number of benzene rings is 3. The van der Waals surface area contributed by atoms with Crippen molar-refractivity contribution in [3.63, 3.8) is 0 Å². The highest BCUT2D eigenvalue weighted by Crippen LogP contribution is 2.45. The van der Waals surface area contributed by atoms with Gasteiger partial charge in [0.05, 0.1) is 25.3 Å². The van der Waals surface area contributed by atoms with E-state index in [1.807, 2.05) is 85.5 Å². The van der Waals surface area contributed by atoms with Gasteiger partial charge in [-0.3, -0.25) is 15.4 Å². The molecule has 224 valence electrons. The molecule has 2 unspecified atom stereocenters. The molecule has 0 aliphatic carbocycles. The Kier molecular flexibility index (Phi) is 9.35. The molecule has 7 nitrogen and oxygen atoms in total. The van der Waals surface area contributed by atoms with Gasteiger partial charge in [0.25, 0.3) is 5.91 Å². The van der Waals surface area contributed by atoms with E-state index < -0.39 is 5.66 Å². The number of ether oxygens (including phenoxy) is 2. The van der Waals surface area contributed by atoms with Crippen LogP contribution >= 0.6 is 23.2 Å². The van der Waals surface area contributed by atoms with Crippen molar-refractivity contribution in [1.82, 2.24) is 20.4 Å². The minimum Gasteiger partial charge on any atom is -0.497 e. The van der Waals surface area contributed by atoms with Crippen LogP contribution in [0.25, 0.3) is 0 Å². The van der Waals surface area contributed by atoms with Gasteiger partial charge in [-0.1, -0.05) is 47.5 Å². The van der Waals surface area contributed by atoms with Gasteiger partial charge in [0, 0.05) is 40.8 Å². The molecule has 0 spiro atoms. The van der Waals surface area contributed by atoms with E-state index in [0.717, 1.165) is 24.0 Å². The van der Waals surface area contributed by atoms with Crippen LogP contribution in [0.4, 0.5) is 0 Å². The van der Waals surface area contributed by atoms with E-state index in [0.29, 0.717) is 46.2 Å². The average molecular weight is 612 g/mol. The molecule has 2 N–H and O–H groups in total. The molecular formula is C33H40Cl2N4O3. The molecular weight excluding hydrogens is 571 g/mol. The third-order valence-electron chi connectivity index (χ3n) is 8.29. The fourth-order valence-corrected chi connectivity index (χ4v) is 6.33. The number of nitrogens with zero attached hydrogens (tertiary/aromatic N) is 2. The molecule has 5 rings (SSSR count).